The number of fused-ring (bicyclic) bond motifs is 3. The topological polar surface area (TPSA) is 210 Å². The molecule has 4 heterocycles. The molecule has 4 aliphatic heterocycles. The maximum atomic E-state index is 15.0. The Morgan fingerprint density at radius 1 is 0.982 bits per heavy atom. The number of hydrogen-bond acceptors (Lipinski definition) is 11. The third-order valence-electron chi connectivity index (χ3n) is 11.6. The van der Waals surface area contributed by atoms with Gasteiger partial charge in [-0.1, -0.05) is 59.3 Å². The Hall–Kier alpha value is -3.55. The number of aliphatic hydroxyl groups is 5. The third kappa shape index (κ3) is 7.07. The number of benzene rings is 3. The third-order valence-corrected chi connectivity index (χ3v) is 14.6. The molecule has 14 nitrogen and oxygen atoms in total. The van der Waals surface area contributed by atoms with Crippen LogP contribution >= 0.6 is 15.9 Å². The van der Waals surface area contributed by atoms with Crippen molar-refractivity contribution in [2.75, 3.05) is 16.8 Å². The average Bonchev–Trinajstić information content (AvgIpc) is 3.57. The quantitative estimate of drug-likeness (QED) is 0.163. The summed E-state index contributed by atoms with van der Waals surface area (Å²) in [7, 11) is -3.10. The van der Waals surface area contributed by atoms with Gasteiger partial charge in [0.15, 0.2) is 26.3 Å². The molecule has 1 spiro atoms. The normalized spacial score (nSPS) is 31.7. The summed E-state index contributed by atoms with van der Waals surface area (Å²) in [6, 6.07) is 19.5. The Morgan fingerprint density at radius 2 is 1.71 bits per heavy atom. The van der Waals surface area contributed by atoms with Gasteiger partial charge in [0.2, 0.25) is 5.91 Å². The second kappa shape index (κ2) is 15.1. The van der Waals surface area contributed by atoms with Crippen LogP contribution in [0.25, 0.3) is 0 Å². The predicted molar refractivity (Wildman–Crippen MR) is 205 cm³/mol. The Labute approximate surface area is 327 Å². The zero-order valence-corrected chi connectivity index (χ0v) is 33.2. The number of carbonyl (C=O) groups excluding carboxylic acids is 3. The number of amides is 3. The Kier molecular flexibility index (Phi) is 10.9. The van der Waals surface area contributed by atoms with Crippen LogP contribution in [0.4, 0.5) is 11.4 Å². The van der Waals surface area contributed by atoms with Gasteiger partial charge >= 0.3 is 0 Å². The standard InChI is InChI=1S/C39H46BrN3O11Si/c1-20-35(55(2,3)52)29(16-30(45)42-18-23-9-5-4-8-22(23)14-26(42)19-44)54-39(20)27-15-24(40)11-12-28(27)43(38(39)51)17-21-7-6-10-25(13-21)41-36(49)34-32(47)31(46)33(48)37(50)53-34/h4-13,15,20,26,29,31-35,37,44,46-48,50,52H,14,16-19H2,1-3H3,(H,41,49)/t20-,26-,29+,31-,32-,33+,34-,35-,37+,39+/m0/s1. The first-order chi connectivity index (χ1) is 26.0. The van der Waals surface area contributed by atoms with Crippen molar-refractivity contribution in [2.24, 2.45) is 5.92 Å². The molecule has 0 radical (unpaired) electrons. The summed E-state index contributed by atoms with van der Waals surface area (Å²) in [5.41, 5.74) is 2.14. The van der Waals surface area contributed by atoms with Crippen LogP contribution in [0.2, 0.25) is 18.6 Å². The SMILES string of the molecule is C[C@H]1[C@H]([Si](C)(C)O)[C@@H](CC(=O)N2Cc3ccccc3C[C@H]2CO)O[C@]12C(=O)N(Cc1cccc(NC(=O)[C@H]3O[C@@H](O)[C@H](O)[C@@H](O)[C@@H]3O)c1)c1ccc(Br)cc12. The van der Waals surface area contributed by atoms with E-state index < -0.39 is 74.1 Å². The number of halogens is 1. The lowest BCUT2D eigenvalue weighted by Gasteiger charge is -2.37. The molecule has 2 fully saturated rings. The van der Waals surface area contributed by atoms with Crippen LogP contribution in [0.5, 0.6) is 0 Å². The fourth-order valence-corrected chi connectivity index (χ4v) is 11.9. The van der Waals surface area contributed by atoms with Crippen LogP contribution in [-0.4, -0.2) is 111 Å². The maximum Gasteiger partial charge on any atom is 0.264 e. The molecular formula is C39H46BrN3O11Si. The van der Waals surface area contributed by atoms with Gasteiger partial charge in [-0.15, -0.1) is 0 Å². The summed E-state index contributed by atoms with van der Waals surface area (Å²) in [6.45, 7) is 5.66. The molecule has 10 atom stereocenters. The monoisotopic (exact) mass is 839 g/mol. The van der Waals surface area contributed by atoms with Gasteiger partial charge in [-0.05, 0) is 66.5 Å². The fourth-order valence-electron chi connectivity index (χ4n) is 8.96. The molecule has 7 N–H and O–H groups in total. The smallest absolute Gasteiger partial charge is 0.264 e. The minimum absolute atomic E-state index is 0.0563. The van der Waals surface area contributed by atoms with E-state index in [9.17, 15) is 44.7 Å². The molecule has 0 bridgehead atoms. The summed E-state index contributed by atoms with van der Waals surface area (Å²) >= 11 is 3.57. The van der Waals surface area contributed by atoms with E-state index >= 15 is 0 Å². The first kappa shape index (κ1) is 39.7. The van der Waals surface area contributed by atoms with E-state index in [0.29, 0.717) is 34.3 Å². The molecule has 0 unspecified atom stereocenters. The molecule has 2 saturated heterocycles. The van der Waals surface area contributed by atoms with Crippen molar-refractivity contribution >= 4 is 53.3 Å². The van der Waals surface area contributed by atoms with Crippen molar-refractivity contribution in [1.82, 2.24) is 4.90 Å². The Bertz CT molecular complexity index is 1980. The summed E-state index contributed by atoms with van der Waals surface area (Å²) < 4.78 is 12.7. The lowest BCUT2D eigenvalue weighted by molar-refractivity contribution is -0.274. The summed E-state index contributed by atoms with van der Waals surface area (Å²) in [6.07, 6.45) is -9.32. The van der Waals surface area contributed by atoms with Crippen molar-refractivity contribution in [3.63, 3.8) is 0 Å². The molecule has 4 aliphatic rings. The second-order valence-corrected chi connectivity index (χ2v) is 20.4. The molecular weight excluding hydrogens is 794 g/mol. The number of nitrogens with zero attached hydrogens (tertiary/aromatic N) is 2. The summed E-state index contributed by atoms with van der Waals surface area (Å²) in [5, 5.41) is 53.0. The number of nitrogens with one attached hydrogen (secondary N) is 1. The van der Waals surface area contributed by atoms with E-state index in [2.05, 4.69) is 21.2 Å². The van der Waals surface area contributed by atoms with Crippen LogP contribution in [0.1, 0.15) is 35.6 Å². The predicted octanol–water partition coefficient (Wildman–Crippen LogP) is 1.87. The van der Waals surface area contributed by atoms with Gasteiger partial charge in [0.1, 0.15) is 18.3 Å². The minimum atomic E-state index is -3.10. The largest absolute Gasteiger partial charge is 0.432 e. The Balaban J connectivity index is 1.15. The lowest BCUT2D eigenvalue weighted by atomic mass is 9.82. The number of rotatable bonds is 8. The van der Waals surface area contributed by atoms with E-state index in [-0.39, 0.29) is 37.1 Å². The van der Waals surface area contributed by atoms with Crippen LogP contribution in [0.15, 0.2) is 71.2 Å². The van der Waals surface area contributed by atoms with Crippen LogP contribution < -0.4 is 10.2 Å². The van der Waals surface area contributed by atoms with Gasteiger partial charge in [-0.3, -0.25) is 14.4 Å². The molecule has 0 aromatic heterocycles. The zero-order valence-electron chi connectivity index (χ0n) is 30.6. The Morgan fingerprint density at radius 3 is 2.42 bits per heavy atom. The molecule has 7 rings (SSSR count). The van der Waals surface area contributed by atoms with Gasteiger partial charge in [-0.2, -0.15) is 0 Å². The van der Waals surface area contributed by atoms with E-state index in [1.807, 2.05) is 49.4 Å². The molecule has 3 aromatic rings. The van der Waals surface area contributed by atoms with E-state index in [0.717, 1.165) is 11.1 Å². The highest BCUT2D eigenvalue weighted by molar-refractivity contribution is 9.10. The molecule has 0 saturated carbocycles. The summed E-state index contributed by atoms with van der Waals surface area (Å²) in [5.74, 6) is -1.99. The number of ether oxygens (including phenoxy) is 2. The zero-order chi connectivity index (χ0) is 39.6. The molecule has 16 heteroatoms. The number of carbonyl (C=O) groups is 3. The second-order valence-electron chi connectivity index (χ2n) is 15.6. The minimum Gasteiger partial charge on any atom is -0.432 e. The van der Waals surface area contributed by atoms with Crippen LogP contribution in [-0.2, 0) is 49.0 Å². The van der Waals surface area contributed by atoms with Gasteiger partial charge in [0, 0.05) is 33.7 Å². The lowest BCUT2D eigenvalue weighted by Crippen LogP contribution is -2.60. The molecule has 294 valence electrons. The highest BCUT2D eigenvalue weighted by atomic mass is 79.9. The van der Waals surface area contributed by atoms with Crippen molar-refractivity contribution in [3.8, 4) is 0 Å². The van der Waals surface area contributed by atoms with E-state index in [4.69, 9.17) is 9.47 Å². The van der Waals surface area contributed by atoms with Crippen molar-refractivity contribution in [2.45, 2.75) is 99.9 Å². The van der Waals surface area contributed by atoms with Gasteiger partial charge in [0.25, 0.3) is 11.8 Å². The van der Waals surface area contributed by atoms with Crippen molar-refractivity contribution in [3.05, 3.63) is 93.5 Å². The first-order valence-electron chi connectivity index (χ1n) is 18.3. The molecule has 3 amide bonds. The van der Waals surface area contributed by atoms with Gasteiger partial charge in [0.05, 0.1) is 37.4 Å². The number of anilines is 2. The highest BCUT2D eigenvalue weighted by Crippen LogP contribution is 2.60. The first-order valence-corrected chi connectivity index (χ1v) is 22.1. The molecule has 0 aliphatic carbocycles. The van der Waals surface area contributed by atoms with E-state index in [1.54, 1.807) is 47.2 Å². The average molecular weight is 841 g/mol. The summed E-state index contributed by atoms with van der Waals surface area (Å²) in [4.78, 5) is 57.2. The van der Waals surface area contributed by atoms with Crippen LogP contribution in [0.3, 0.4) is 0 Å². The number of aliphatic hydroxyl groups excluding tert-OH is 5. The van der Waals surface area contributed by atoms with Crippen LogP contribution in [0, 0.1) is 5.92 Å². The molecule has 3 aromatic carbocycles. The highest BCUT2D eigenvalue weighted by Gasteiger charge is 2.66. The van der Waals surface area contributed by atoms with Crippen molar-refractivity contribution < 1.29 is 54.2 Å². The van der Waals surface area contributed by atoms with Gasteiger partial charge in [-0.25, -0.2) is 0 Å². The molecule has 55 heavy (non-hydrogen) atoms. The van der Waals surface area contributed by atoms with Gasteiger partial charge < -0.3 is 54.9 Å². The number of hydrogen-bond donors (Lipinski definition) is 7. The maximum absolute atomic E-state index is 15.0. The van der Waals surface area contributed by atoms with E-state index in [1.165, 1.54) is 0 Å². The van der Waals surface area contributed by atoms with Crippen molar-refractivity contribution in [1.29, 1.82) is 0 Å². The fraction of sp³-hybridized carbons (Fsp3) is 0.462.